The van der Waals surface area contributed by atoms with E-state index in [4.69, 9.17) is 0 Å². The average Bonchev–Trinajstić information content (AvgIpc) is 2.70. The van der Waals surface area contributed by atoms with Crippen LogP contribution in [-0.4, -0.2) is 28.8 Å². The quantitative estimate of drug-likeness (QED) is 0.679. The van der Waals surface area contributed by atoms with Crippen molar-refractivity contribution in [3.63, 3.8) is 0 Å². The fourth-order valence-electron chi connectivity index (χ4n) is 2.53. The minimum absolute atomic E-state index is 0.0788. The fraction of sp³-hybridized carbons (Fsp3) is 0.150. The number of nitrogens with zero attached hydrogens (tertiary/aromatic N) is 2. The number of carbonyl (C=O) groups is 1. The van der Waals surface area contributed by atoms with Crippen LogP contribution in [0.15, 0.2) is 71.5 Å². The molecule has 0 saturated carbocycles. The Morgan fingerprint density at radius 3 is 2.43 bits per heavy atom. The van der Waals surface area contributed by atoms with Crippen LogP contribution in [0.25, 0.3) is 5.69 Å². The molecule has 0 bridgehead atoms. The van der Waals surface area contributed by atoms with Gasteiger partial charge in [-0.1, -0.05) is 30.3 Å². The van der Waals surface area contributed by atoms with Crippen LogP contribution in [0.2, 0.25) is 0 Å². The highest BCUT2D eigenvalue weighted by Crippen LogP contribution is 2.15. The summed E-state index contributed by atoms with van der Waals surface area (Å²) in [5.74, 6) is -0.336. The summed E-state index contributed by atoms with van der Waals surface area (Å²) >= 11 is 0. The minimum atomic E-state index is -2.86. The van der Waals surface area contributed by atoms with Crippen molar-refractivity contribution in [2.75, 3.05) is 6.54 Å². The second kappa shape index (κ2) is 8.90. The predicted molar refractivity (Wildman–Crippen MR) is 98.9 cm³/mol. The molecule has 0 saturated heterocycles. The molecule has 0 spiro atoms. The van der Waals surface area contributed by atoms with Gasteiger partial charge < -0.3 is 10.1 Å². The normalized spacial score (nSPS) is 10.7. The van der Waals surface area contributed by atoms with Gasteiger partial charge in [0.1, 0.15) is 11.4 Å². The second-order valence-corrected chi connectivity index (χ2v) is 5.83. The van der Waals surface area contributed by atoms with Crippen LogP contribution in [0.4, 0.5) is 8.78 Å². The van der Waals surface area contributed by atoms with Crippen LogP contribution in [0.5, 0.6) is 5.75 Å². The van der Waals surface area contributed by atoms with Crippen molar-refractivity contribution >= 4 is 5.91 Å². The molecule has 0 aliphatic rings. The van der Waals surface area contributed by atoms with E-state index in [-0.39, 0.29) is 17.0 Å². The van der Waals surface area contributed by atoms with Crippen LogP contribution >= 0.6 is 0 Å². The Labute approximate surface area is 159 Å². The molecule has 1 N–H and O–H groups in total. The van der Waals surface area contributed by atoms with Crippen LogP contribution in [0.1, 0.15) is 16.1 Å². The first-order valence-electron chi connectivity index (χ1n) is 8.51. The van der Waals surface area contributed by atoms with Gasteiger partial charge in [0.05, 0.1) is 5.69 Å². The largest absolute Gasteiger partial charge is 0.435 e. The molecule has 2 aromatic carbocycles. The van der Waals surface area contributed by atoms with Gasteiger partial charge in [0.25, 0.3) is 11.5 Å². The Kier molecular flexibility index (Phi) is 6.11. The molecule has 0 unspecified atom stereocenters. The SMILES string of the molecule is O=C(NCCc1ccc(OC(F)F)cc1)c1ccc(=O)n(-c2ccccc2)n1. The van der Waals surface area contributed by atoms with Gasteiger partial charge in [-0.2, -0.15) is 18.6 Å². The lowest BCUT2D eigenvalue weighted by atomic mass is 10.1. The molecule has 28 heavy (non-hydrogen) atoms. The summed E-state index contributed by atoms with van der Waals surface area (Å²) in [6.07, 6.45) is 0.499. The van der Waals surface area contributed by atoms with Crippen molar-refractivity contribution in [1.29, 1.82) is 0 Å². The van der Waals surface area contributed by atoms with E-state index in [1.165, 1.54) is 24.3 Å². The zero-order valence-electron chi connectivity index (χ0n) is 14.7. The second-order valence-electron chi connectivity index (χ2n) is 5.83. The van der Waals surface area contributed by atoms with Crippen LogP contribution in [0.3, 0.4) is 0 Å². The number of ether oxygens (including phenoxy) is 1. The monoisotopic (exact) mass is 385 g/mol. The predicted octanol–water partition coefficient (Wildman–Crippen LogP) is 2.81. The average molecular weight is 385 g/mol. The number of benzene rings is 2. The van der Waals surface area contributed by atoms with Gasteiger partial charge in [-0.15, -0.1) is 0 Å². The molecule has 1 amide bonds. The Hall–Kier alpha value is -3.55. The summed E-state index contributed by atoms with van der Waals surface area (Å²) in [6.45, 7) is -2.54. The molecule has 0 aliphatic carbocycles. The molecule has 1 aromatic heterocycles. The number of alkyl halides is 2. The van der Waals surface area contributed by atoms with Gasteiger partial charge in [0.2, 0.25) is 0 Å². The van der Waals surface area contributed by atoms with E-state index in [0.29, 0.717) is 18.7 Å². The third-order valence-corrected chi connectivity index (χ3v) is 3.88. The van der Waals surface area contributed by atoms with E-state index >= 15 is 0 Å². The van der Waals surface area contributed by atoms with Gasteiger partial charge in [0.15, 0.2) is 0 Å². The summed E-state index contributed by atoms with van der Waals surface area (Å²) in [7, 11) is 0. The van der Waals surface area contributed by atoms with Crippen LogP contribution < -0.4 is 15.6 Å². The highest BCUT2D eigenvalue weighted by atomic mass is 19.3. The summed E-state index contributed by atoms with van der Waals surface area (Å²) < 4.78 is 29.7. The molecule has 0 atom stereocenters. The number of nitrogens with one attached hydrogen (secondary N) is 1. The molecule has 0 radical (unpaired) electrons. The highest BCUT2D eigenvalue weighted by Gasteiger charge is 2.10. The Bertz CT molecular complexity index is 990. The van der Waals surface area contributed by atoms with Gasteiger partial charge in [-0.3, -0.25) is 9.59 Å². The van der Waals surface area contributed by atoms with E-state index in [9.17, 15) is 18.4 Å². The molecular weight excluding hydrogens is 368 g/mol. The molecule has 0 fully saturated rings. The van der Waals surface area contributed by atoms with E-state index in [1.54, 1.807) is 36.4 Å². The zero-order chi connectivity index (χ0) is 19.9. The Morgan fingerprint density at radius 2 is 1.75 bits per heavy atom. The molecule has 0 aliphatic heterocycles. The first-order chi connectivity index (χ1) is 13.5. The van der Waals surface area contributed by atoms with Crippen molar-refractivity contribution < 1.29 is 18.3 Å². The number of hydrogen-bond donors (Lipinski definition) is 1. The van der Waals surface area contributed by atoms with E-state index < -0.39 is 12.5 Å². The van der Waals surface area contributed by atoms with E-state index in [0.717, 1.165) is 10.2 Å². The maximum absolute atomic E-state index is 12.3. The van der Waals surface area contributed by atoms with Crippen LogP contribution in [0, 0.1) is 0 Å². The lowest BCUT2D eigenvalue weighted by Crippen LogP contribution is -2.30. The topological polar surface area (TPSA) is 73.2 Å². The van der Waals surface area contributed by atoms with Crippen molar-refractivity contribution in [2.24, 2.45) is 0 Å². The highest BCUT2D eigenvalue weighted by molar-refractivity contribution is 5.92. The van der Waals surface area contributed by atoms with Crippen LogP contribution in [-0.2, 0) is 6.42 Å². The standard InChI is InChI=1S/C20H17F2N3O3/c21-20(22)28-16-8-6-14(7-9-16)12-13-23-19(27)17-10-11-18(26)25(24-17)15-4-2-1-3-5-15/h1-11,20H,12-13H2,(H,23,27). The number of amides is 1. The number of halogens is 2. The van der Waals surface area contributed by atoms with E-state index in [1.807, 2.05) is 6.07 Å². The summed E-state index contributed by atoms with van der Waals surface area (Å²) in [6, 6.07) is 17.6. The van der Waals surface area contributed by atoms with Gasteiger partial charge >= 0.3 is 6.61 Å². The zero-order valence-corrected chi connectivity index (χ0v) is 14.7. The summed E-state index contributed by atoms with van der Waals surface area (Å²) in [5, 5.41) is 6.84. The molecule has 3 aromatic rings. The molecule has 144 valence electrons. The molecule has 1 heterocycles. The summed E-state index contributed by atoms with van der Waals surface area (Å²) in [5.41, 5.74) is 1.19. The Balaban J connectivity index is 1.60. The molecule has 6 nitrogen and oxygen atoms in total. The molecule has 8 heteroatoms. The van der Waals surface area contributed by atoms with Crippen molar-refractivity contribution in [3.8, 4) is 11.4 Å². The number of carbonyl (C=O) groups excluding carboxylic acids is 1. The minimum Gasteiger partial charge on any atom is -0.435 e. The molecular formula is C20H17F2N3O3. The van der Waals surface area contributed by atoms with Gasteiger partial charge in [0, 0.05) is 12.6 Å². The molecule has 3 rings (SSSR count). The van der Waals surface area contributed by atoms with E-state index in [2.05, 4.69) is 15.2 Å². The van der Waals surface area contributed by atoms with Crippen molar-refractivity contribution in [3.05, 3.63) is 88.3 Å². The lowest BCUT2D eigenvalue weighted by Gasteiger charge is -2.08. The van der Waals surface area contributed by atoms with Gasteiger partial charge in [-0.05, 0) is 42.3 Å². The third kappa shape index (κ3) is 5.00. The number of aromatic nitrogens is 2. The lowest BCUT2D eigenvalue weighted by molar-refractivity contribution is -0.0498. The third-order valence-electron chi connectivity index (χ3n) is 3.88. The first kappa shape index (κ1) is 19.2. The number of hydrogen-bond acceptors (Lipinski definition) is 4. The number of para-hydroxylation sites is 1. The van der Waals surface area contributed by atoms with Crippen molar-refractivity contribution in [2.45, 2.75) is 13.0 Å². The summed E-state index contributed by atoms with van der Waals surface area (Å²) in [4.78, 5) is 24.3. The first-order valence-corrected chi connectivity index (χ1v) is 8.51. The fourth-order valence-corrected chi connectivity index (χ4v) is 2.53. The number of rotatable bonds is 7. The smallest absolute Gasteiger partial charge is 0.387 e. The Morgan fingerprint density at radius 1 is 1.04 bits per heavy atom. The van der Waals surface area contributed by atoms with Gasteiger partial charge in [-0.25, -0.2) is 0 Å². The van der Waals surface area contributed by atoms with Crippen molar-refractivity contribution in [1.82, 2.24) is 15.1 Å². The maximum atomic E-state index is 12.3. The maximum Gasteiger partial charge on any atom is 0.387 e.